The van der Waals surface area contributed by atoms with E-state index in [9.17, 15) is 28.1 Å². The molecule has 1 amide bonds. The lowest BCUT2D eigenvalue weighted by Gasteiger charge is -2.15. The Balaban J connectivity index is 1.83. The number of ether oxygens (including phenoxy) is 2. The van der Waals surface area contributed by atoms with Gasteiger partial charge < -0.3 is 14.8 Å². The third-order valence-electron chi connectivity index (χ3n) is 4.29. The summed E-state index contributed by atoms with van der Waals surface area (Å²) in [7, 11) is 0. The van der Waals surface area contributed by atoms with Crippen molar-refractivity contribution in [2.45, 2.75) is 25.6 Å². The predicted molar refractivity (Wildman–Crippen MR) is 96.6 cm³/mol. The number of hydrogen-bond donors (Lipinski definition) is 1. The van der Waals surface area contributed by atoms with Gasteiger partial charge in [-0.05, 0) is 49.4 Å². The van der Waals surface area contributed by atoms with E-state index in [4.69, 9.17) is 9.47 Å². The van der Waals surface area contributed by atoms with Gasteiger partial charge in [-0.2, -0.15) is 13.2 Å². The van der Waals surface area contributed by atoms with E-state index in [2.05, 4.69) is 5.32 Å². The van der Waals surface area contributed by atoms with E-state index in [1.807, 2.05) is 6.92 Å². The topological polar surface area (TPSA) is 90.7 Å². The van der Waals surface area contributed by atoms with Gasteiger partial charge in [0.25, 0.3) is 0 Å². The van der Waals surface area contributed by atoms with Gasteiger partial charge in [-0.3, -0.25) is 14.9 Å². The fourth-order valence-corrected chi connectivity index (χ4v) is 2.71. The lowest BCUT2D eigenvalue weighted by atomic mass is 10.1. The third kappa shape index (κ3) is 4.95. The molecule has 0 saturated heterocycles. The second-order valence-electron chi connectivity index (χ2n) is 6.40. The Kier molecular flexibility index (Phi) is 5.62. The van der Waals surface area contributed by atoms with Gasteiger partial charge in [-0.25, -0.2) is 0 Å². The number of nitrogens with one attached hydrogen (secondary N) is 1. The van der Waals surface area contributed by atoms with Gasteiger partial charge in [0.15, 0.2) is 5.75 Å². The monoisotopic (exact) mass is 410 g/mol. The first-order valence-electron chi connectivity index (χ1n) is 8.75. The molecule has 29 heavy (non-hydrogen) atoms. The van der Waals surface area contributed by atoms with Crippen LogP contribution in [0.3, 0.4) is 0 Å². The molecule has 0 aromatic heterocycles. The maximum Gasteiger partial charge on any atom is 0.416 e. The van der Waals surface area contributed by atoms with Crippen LogP contribution in [0.1, 0.15) is 18.9 Å². The molecule has 0 aliphatic heterocycles. The van der Waals surface area contributed by atoms with Crippen LogP contribution < -0.4 is 14.8 Å². The van der Waals surface area contributed by atoms with Crippen LogP contribution in [0.4, 0.5) is 18.9 Å². The Bertz CT molecular complexity index is 915. The van der Waals surface area contributed by atoms with Crippen molar-refractivity contribution < 1.29 is 32.4 Å². The molecule has 7 nitrogen and oxygen atoms in total. The lowest BCUT2D eigenvalue weighted by Crippen LogP contribution is -2.19. The SMILES string of the molecule is CCOc1ccc(Oc2ccc(C(F)(F)F)cc2NC(=O)C2CC2[N+](=O)[O-])cc1. The van der Waals surface area contributed by atoms with Gasteiger partial charge in [-0.1, -0.05) is 0 Å². The molecular weight excluding hydrogens is 393 g/mol. The molecule has 2 atom stereocenters. The van der Waals surface area contributed by atoms with Crippen molar-refractivity contribution in [3.63, 3.8) is 0 Å². The largest absolute Gasteiger partial charge is 0.494 e. The summed E-state index contributed by atoms with van der Waals surface area (Å²) in [5.74, 6) is -0.701. The molecule has 0 bridgehead atoms. The number of anilines is 1. The Morgan fingerprint density at radius 1 is 1.21 bits per heavy atom. The minimum atomic E-state index is -4.62. The molecule has 2 unspecified atom stereocenters. The molecular formula is C19H17F3N2O5. The Labute approximate surface area is 163 Å². The lowest BCUT2D eigenvalue weighted by molar-refractivity contribution is -0.497. The molecule has 2 aromatic carbocycles. The number of nitrogens with zero attached hydrogens (tertiary/aromatic N) is 1. The summed E-state index contributed by atoms with van der Waals surface area (Å²) >= 11 is 0. The molecule has 1 fully saturated rings. The highest BCUT2D eigenvalue weighted by Crippen LogP contribution is 2.39. The quantitative estimate of drug-likeness (QED) is 0.536. The first-order valence-corrected chi connectivity index (χ1v) is 8.75. The van der Waals surface area contributed by atoms with Gasteiger partial charge in [0, 0.05) is 11.3 Å². The van der Waals surface area contributed by atoms with E-state index in [-0.39, 0.29) is 17.9 Å². The van der Waals surface area contributed by atoms with Crippen molar-refractivity contribution in [2.24, 2.45) is 5.92 Å². The van der Waals surface area contributed by atoms with Crippen LogP contribution in [0.5, 0.6) is 17.2 Å². The van der Waals surface area contributed by atoms with E-state index >= 15 is 0 Å². The first-order chi connectivity index (χ1) is 13.7. The molecule has 3 rings (SSSR count). The Morgan fingerprint density at radius 3 is 2.41 bits per heavy atom. The zero-order valence-electron chi connectivity index (χ0n) is 15.2. The van der Waals surface area contributed by atoms with Crippen LogP contribution in [0.15, 0.2) is 42.5 Å². The summed E-state index contributed by atoms with van der Waals surface area (Å²) in [5, 5.41) is 13.1. The molecule has 0 radical (unpaired) electrons. The molecule has 1 aliphatic rings. The van der Waals surface area contributed by atoms with Gasteiger partial charge in [0.2, 0.25) is 11.9 Å². The number of halogens is 3. The van der Waals surface area contributed by atoms with Gasteiger partial charge in [0.05, 0.1) is 17.9 Å². The van der Waals surface area contributed by atoms with Crippen molar-refractivity contribution >= 4 is 11.6 Å². The molecule has 0 heterocycles. The zero-order chi connectivity index (χ0) is 21.2. The smallest absolute Gasteiger partial charge is 0.416 e. The number of carbonyl (C=O) groups is 1. The highest BCUT2D eigenvalue weighted by atomic mass is 19.4. The number of carbonyl (C=O) groups excluding carboxylic acids is 1. The van der Waals surface area contributed by atoms with Crippen molar-refractivity contribution in [3.05, 3.63) is 58.1 Å². The maximum absolute atomic E-state index is 13.1. The summed E-state index contributed by atoms with van der Waals surface area (Å²) in [6, 6.07) is 8.04. The second-order valence-corrected chi connectivity index (χ2v) is 6.40. The van der Waals surface area contributed by atoms with Crippen molar-refractivity contribution in [2.75, 3.05) is 11.9 Å². The van der Waals surface area contributed by atoms with Gasteiger partial charge in [-0.15, -0.1) is 0 Å². The van der Waals surface area contributed by atoms with Crippen LogP contribution in [0.25, 0.3) is 0 Å². The highest BCUT2D eigenvalue weighted by molar-refractivity contribution is 5.96. The van der Waals surface area contributed by atoms with Crippen molar-refractivity contribution in [1.29, 1.82) is 0 Å². The normalized spacial score (nSPS) is 18.1. The molecule has 1 saturated carbocycles. The molecule has 1 aliphatic carbocycles. The predicted octanol–water partition coefficient (Wildman–Crippen LogP) is 4.50. The number of hydrogen-bond acceptors (Lipinski definition) is 5. The number of amides is 1. The Morgan fingerprint density at radius 2 is 1.86 bits per heavy atom. The number of nitro groups is 1. The number of rotatable bonds is 7. The standard InChI is InChI=1S/C19H17F3N2O5/c1-2-28-12-4-6-13(7-5-12)29-17-8-3-11(19(20,21)22)9-15(17)23-18(25)14-10-16(14)24(26)27/h3-9,14,16H,2,10H2,1H3,(H,23,25). The van der Waals surface area contributed by atoms with Crippen LogP contribution in [0.2, 0.25) is 0 Å². The minimum Gasteiger partial charge on any atom is -0.494 e. The summed E-state index contributed by atoms with van der Waals surface area (Å²) in [4.78, 5) is 22.4. The highest BCUT2D eigenvalue weighted by Gasteiger charge is 2.53. The third-order valence-corrected chi connectivity index (χ3v) is 4.29. The average molecular weight is 410 g/mol. The van der Waals surface area contributed by atoms with E-state index < -0.39 is 34.5 Å². The maximum atomic E-state index is 13.1. The van der Waals surface area contributed by atoms with Crippen LogP contribution in [-0.2, 0) is 11.0 Å². The summed E-state index contributed by atoms with van der Waals surface area (Å²) in [6.07, 6.45) is -4.58. The Hall–Kier alpha value is -3.30. The van der Waals surface area contributed by atoms with Crippen LogP contribution >= 0.6 is 0 Å². The first kappa shape index (κ1) is 20.4. The molecule has 2 aromatic rings. The van der Waals surface area contributed by atoms with Crippen LogP contribution in [-0.4, -0.2) is 23.5 Å². The number of benzene rings is 2. The molecule has 154 valence electrons. The van der Waals surface area contributed by atoms with E-state index in [0.717, 1.165) is 18.2 Å². The van der Waals surface area contributed by atoms with Crippen molar-refractivity contribution in [1.82, 2.24) is 0 Å². The fraction of sp³-hybridized carbons (Fsp3) is 0.316. The second kappa shape index (κ2) is 7.98. The molecule has 10 heteroatoms. The average Bonchev–Trinajstić information content (AvgIpc) is 3.45. The zero-order valence-corrected chi connectivity index (χ0v) is 15.2. The van der Waals surface area contributed by atoms with Gasteiger partial charge in [0.1, 0.15) is 17.4 Å². The van der Waals surface area contributed by atoms with Crippen LogP contribution in [0, 0.1) is 16.0 Å². The summed E-state index contributed by atoms with van der Waals surface area (Å²) in [6.45, 7) is 2.30. The summed E-state index contributed by atoms with van der Waals surface area (Å²) in [5.41, 5.74) is -1.19. The summed E-state index contributed by atoms with van der Waals surface area (Å²) < 4.78 is 50.1. The molecule has 0 spiro atoms. The molecule has 1 N–H and O–H groups in total. The van der Waals surface area contributed by atoms with E-state index in [0.29, 0.717) is 18.1 Å². The van der Waals surface area contributed by atoms with Gasteiger partial charge >= 0.3 is 6.18 Å². The minimum absolute atomic E-state index is 0.0196. The van der Waals surface area contributed by atoms with Crippen molar-refractivity contribution in [3.8, 4) is 17.2 Å². The van der Waals surface area contributed by atoms with E-state index in [1.54, 1.807) is 24.3 Å². The van der Waals surface area contributed by atoms with E-state index in [1.165, 1.54) is 0 Å². The fourth-order valence-electron chi connectivity index (χ4n) is 2.71. The number of alkyl halides is 3.